The standard InChI is InChI=1S/C12H13ClN2O5/c1-6(2)10(12(17)18)14-11(16)7-3-4-8(13)9(5-7)15(19)20/h3-6,10H,1-2H3,(H,14,16)(H,17,18)/t10-/m1/s1. The summed E-state index contributed by atoms with van der Waals surface area (Å²) in [6.07, 6.45) is 0. The molecular formula is C12H13ClN2O5. The van der Waals surface area contributed by atoms with E-state index >= 15 is 0 Å². The summed E-state index contributed by atoms with van der Waals surface area (Å²) >= 11 is 5.64. The van der Waals surface area contributed by atoms with E-state index in [0.717, 1.165) is 6.07 Å². The van der Waals surface area contributed by atoms with Crippen LogP contribution < -0.4 is 5.32 Å². The van der Waals surface area contributed by atoms with Crippen molar-refractivity contribution in [1.29, 1.82) is 0 Å². The molecule has 0 radical (unpaired) electrons. The minimum atomic E-state index is -1.17. The van der Waals surface area contributed by atoms with Crippen molar-refractivity contribution >= 4 is 29.2 Å². The summed E-state index contributed by atoms with van der Waals surface area (Å²) in [5.74, 6) is -2.19. The Kier molecular flexibility index (Phi) is 5.04. The van der Waals surface area contributed by atoms with E-state index in [2.05, 4.69) is 5.32 Å². The largest absolute Gasteiger partial charge is 0.480 e. The molecule has 0 spiro atoms. The second-order valence-electron chi connectivity index (χ2n) is 4.46. The summed E-state index contributed by atoms with van der Waals surface area (Å²) in [7, 11) is 0. The van der Waals surface area contributed by atoms with E-state index in [0.29, 0.717) is 0 Å². The first kappa shape index (κ1) is 15.9. The molecule has 0 aliphatic heterocycles. The molecular weight excluding hydrogens is 288 g/mol. The molecule has 0 aromatic heterocycles. The van der Waals surface area contributed by atoms with Gasteiger partial charge in [0.05, 0.1) is 4.92 Å². The lowest BCUT2D eigenvalue weighted by atomic mass is 10.0. The number of nitrogens with one attached hydrogen (secondary N) is 1. The van der Waals surface area contributed by atoms with Crippen molar-refractivity contribution in [3.05, 3.63) is 38.9 Å². The molecule has 20 heavy (non-hydrogen) atoms. The lowest BCUT2D eigenvalue weighted by Crippen LogP contribution is -2.44. The number of aliphatic carboxylic acids is 1. The lowest BCUT2D eigenvalue weighted by molar-refractivity contribution is -0.384. The maximum atomic E-state index is 11.9. The number of carbonyl (C=O) groups excluding carboxylic acids is 1. The van der Waals surface area contributed by atoms with Crippen LogP contribution in [0.4, 0.5) is 5.69 Å². The third-order valence-electron chi connectivity index (χ3n) is 2.62. The molecule has 0 bridgehead atoms. The quantitative estimate of drug-likeness (QED) is 0.639. The molecule has 0 heterocycles. The molecule has 7 nitrogen and oxygen atoms in total. The third kappa shape index (κ3) is 3.67. The van der Waals surface area contributed by atoms with Gasteiger partial charge in [-0.1, -0.05) is 25.4 Å². The number of nitro benzene ring substituents is 1. The maximum absolute atomic E-state index is 11.9. The molecule has 0 aliphatic rings. The van der Waals surface area contributed by atoms with Crippen molar-refractivity contribution in [1.82, 2.24) is 5.32 Å². The molecule has 108 valence electrons. The van der Waals surface area contributed by atoms with Gasteiger partial charge in [-0.25, -0.2) is 4.79 Å². The molecule has 1 amide bonds. The van der Waals surface area contributed by atoms with Gasteiger partial charge < -0.3 is 10.4 Å². The van der Waals surface area contributed by atoms with Crippen LogP contribution in [-0.2, 0) is 4.79 Å². The van der Waals surface area contributed by atoms with Gasteiger partial charge >= 0.3 is 5.97 Å². The van der Waals surface area contributed by atoms with Crippen LogP contribution in [0.5, 0.6) is 0 Å². The second kappa shape index (κ2) is 6.33. The van der Waals surface area contributed by atoms with E-state index in [1.165, 1.54) is 12.1 Å². The summed E-state index contributed by atoms with van der Waals surface area (Å²) in [5.41, 5.74) is -0.427. The van der Waals surface area contributed by atoms with E-state index in [1.54, 1.807) is 13.8 Å². The van der Waals surface area contributed by atoms with Crippen molar-refractivity contribution < 1.29 is 19.6 Å². The number of carboxylic acids is 1. The SMILES string of the molecule is CC(C)[C@@H](NC(=O)c1ccc(Cl)c([N+](=O)[O-])c1)C(=O)O. The van der Waals surface area contributed by atoms with Gasteiger partial charge in [0.15, 0.2) is 0 Å². The number of hydrogen-bond acceptors (Lipinski definition) is 4. The van der Waals surface area contributed by atoms with Gasteiger partial charge in [0.2, 0.25) is 0 Å². The maximum Gasteiger partial charge on any atom is 0.326 e. The topological polar surface area (TPSA) is 110 Å². The molecule has 1 rings (SSSR count). The normalized spacial score (nSPS) is 12.0. The zero-order valence-electron chi connectivity index (χ0n) is 10.8. The predicted molar refractivity (Wildman–Crippen MR) is 71.8 cm³/mol. The highest BCUT2D eigenvalue weighted by Gasteiger charge is 2.25. The fourth-order valence-corrected chi connectivity index (χ4v) is 1.72. The van der Waals surface area contributed by atoms with Gasteiger partial charge in [0.1, 0.15) is 11.1 Å². The van der Waals surface area contributed by atoms with Gasteiger partial charge in [-0.15, -0.1) is 0 Å². The van der Waals surface area contributed by atoms with Gasteiger partial charge in [-0.2, -0.15) is 0 Å². The Bertz CT molecular complexity index is 559. The van der Waals surface area contributed by atoms with Gasteiger partial charge in [-0.05, 0) is 18.1 Å². The Morgan fingerprint density at radius 1 is 1.40 bits per heavy atom. The lowest BCUT2D eigenvalue weighted by Gasteiger charge is -2.17. The van der Waals surface area contributed by atoms with Crippen LogP contribution in [0, 0.1) is 16.0 Å². The summed E-state index contributed by atoms with van der Waals surface area (Å²) < 4.78 is 0. The van der Waals surface area contributed by atoms with Crippen LogP contribution in [0.1, 0.15) is 24.2 Å². The fourth-order valence-electron chi connectivity index (χ4n) is 1.53. The Labute approximate surface area is 119 Å². The molecule has 8 heteroatoms. The van der Waals surface area contributed by atoms with Crippen molar-refractivity contribution in [2.75, 3.05) is 0 Å². The number of halogens is 1. The highest BCUT2D eigenvalue weighted by molar-refractivity contribution is 6.32. The zero-order chi connectivity index (χ0) is 15.4. The predicted octanol–water partition coefficient (Wildman–Crippen LogP) is 2.09. The Morgan fingerprint density at radius 3 is 2.45 bits per heavy atom. The molecule has 2 N–H and O–H groups in total. The third-order valence-corrected chi connectivity index (χ3v) is 2.94. The average Bonchev–Trinajstić information content (AvgIpc) is 2.34. The van der Waals surface area contributed by atoms with E-state index in [1.807, 2.05) is 0 Å². The van der Waals surface area contributed by atoms with Gasteiger partial charge in [-0.3, -0.25) is 14.9 Å². The van der Waals surface area contributed by atoms with E-state index < -0.39 is 28.5 Å². The number of carboxylic acid groups (broad SMARTS) is 1. The monoisotopic (exact) mass is 300 g/mol. The minimum absolute atomic E-state index is 0.0204. The number of nitro groups is 1. The van der Waals surface area contributed by atoms with Crippen LogP contribution >= 0.6 is 11.6 Å². The first-order chi connectivity index (χ1) is 9.23. The number of hydrogen-bond donors (Lipinski definition) is 2. The Hall–Kier alpha value is -2.15. The average molecular weight is 301 g/mol. The van der Waals surface area contributed by atoms with Crippen molar-refractivity contribution in [2.45, 2.75) is 19.9 Å². The van der Waals surface area contributed by atoms with Crippen molar-refractivity contribution in [3.63, 3.8) is 0 Å². The number of nitrogens with zero attached hydrogens (tertiary/aromatic N) is 1. The van der Waals surface area contributed by atoms with E-state index in [4.69, 9.17) is 16.7 Å². The van der Waals surface area contributed by atoms with Gasteiger partial charge in [0, 0.05) is 11.6 Å². The summed E-state index contributed by atoms with van der Waals surface area (Å²) in [4.78, 5) is 32.9. The summed E-state index contributed by atoms with van der Waals surface area (Å²) in [6.45, 7) is 3.28. The molecule has 0 aliphatic carbocycles. The smallest absolute Gasteiger partial charge is 0.326 e. The highest BCUT2D eigenvalue weighted by Crippen LogP contribution is 2.25. The van der Waals surface area contributed by atoms with Crippen LogP contribution in [0.3, 0.4) is 0 Å². The van der Waals surface area contributed by atoms with Crippen LogP contribution in [-0.4, -0.2) is 27.9 Å². The highest BCUT2D eigenvalue weighted by atomic mass is 35.5. The second-order valence-corrected chi connectivity index (χ2v) is 4.86. The summed E-state index contributed by atoms with van der Waals surface area (Å²) in [5, 5.41) is 21.9. The molecule has 1 atom stereocenters. The van der Waals surface area contributed by atoms with E-state index in [9.17, 15) is 19.7 Å². The minimum Gasteiger partial charge on any atom is -0.480 e. The number of rotatable bonds is 5. The van der Waals surface area contributed by atoms with Crippen LogP contribution in [0.15, 0.2) is 18.2 Å². The molecule has 1 aromatic carbocycles. The Balaban J connectivity index is 3.01. The number of benzene rings is 1. The van der Waals surface area contributed by atoms with Crippen molar-refractivity contribution in [2.24, 2.45) is 5.92 Å². The van der Waals surface area contributed by atoms with E-state index in [-0.39, 0.29) is 16.5 Å². The summed E-state index contributed by atoms with van der Waals surface area (Å²) in [6, 6.07) is 2.46. The van der Waals surface area contributed by atoms with Crippen molar-refractivity contribution in [3.8, 4) is 0 Å². The first-order valence-electron chi connectivity index (χ1n) is 5.71. The number of carbonyl (C=O) groups is 2. The van der Waals surface area contributed by atoms with Crippen LogP contribution in [0.25, 0.3) is 0 Å². The molecule has 1 aromatic rings. The fraction of sp³-hybridized carbons (Fsp3) is 0.333. The Morgan fingerprint density at radius 2 is 2.00 bits per heavy atom. The number of amides is 1. The molecule has 0 fully saturated rings. The molecule has 0 saturated carbocycles. The van der Waals surface area contributed by atoms with Crippen LogP contribution in [0.2, 0.25) is 5.02 Å². The first-order valence-corrected chi connectivity index (χ1v) is 6.09. The molecule has 0 unspecified atom stereocenters. The van der Waals surface area contributed by atoms with Gasteiger partial charge in [0.25, 0.3) is 11.6 Å². The molecule has 0 saturated heterocycles. The zero-order valence-corrected chi connectivity index (χ0v) is 11.5.